The monoisotopic (exact) mass is 538 g/mol. The smallest absolute Gasteiger partial charge is 0.340 e. The fraction of sp³-hybridized carbons (Fsp3) is 0.240. The molecule has 0 aliphatic carbocycles. The predicted molar refractivity (Wildman–Crippen MR) is 132 cm³/mol. The van der Waals surface area contributed by atoms with Crippen molar-refractivity contribution < 1.29 is 30.5 Å². The lowest BCUT2D eigenvalue weighted by Gasteiger charge is -2.45. The normalized spacial score (nSPS) is 17.1. The van der Waals surface area contributed by atoms with Crippen molar-refractivity contribution in [1.29, 1.82) is 0 Å². The van der Waals surface area contributed by atoms with Crippen LogP contribution in [0.15, 0.2) is 75.9 Å². The number of nitrogens with zero attached hydrogens (tertiary/aromatic N) is 2. The molecule has 1 aliphatic rings. The minimum absolute atomic E-state index is 0.240. The first kappa shape index (κ1) is 26.1. The van der Waals surface area contributed by atoms with Crippen LogP contribution in [-0.2, 0) is 10.1 Å². The van der Waals surface area contributed by atoms with E-state index in [-0.39, 0.29) is 9.91 Å². The Labute approximate surface area is 210 Å². The summed E-state index contributed by atoms with van der Waals surface area (Å²) in [6, 6.07) is 14.6. The van der Waals surface area contributed by atoms with Crippen LogP contribution < -0.4 is 0 Å². The van der Waals surface area contributed by atoms with Crippen LogP contribution in [0.1, 0.15) is 38.1 Å². The van der Waals surface area contributed by atoms with Gasteiger partial charge < -0.3 is 4.90 Å². The highest BCUT2D eigenvalue weighted by Crippen LogP contribution is 2.43. The van der Waals surface area contributed by atoms with Crippen LogP contribution in [-0.4, -0.2) is 35.3 Å². The minimum atomic E-state index is -4.72. The lowest BCUT2D eigenvalue weighted by atomic mass is 9.95. The molecule has 4 rings (SSSR count). The van der Waals surface area contributed by atoms with E-state index in [1.165, 1.54) is 36.4 Å². The lowest BCUT2D eigenvalue weighted by Crippen LogP contribution is -2.45. The van der Waals surface area contributed by atoms with E-state index >= 15 is 0 Å². The third kappa shape index (κ3) is 5.37. The SMILES string of the molecule is CC(C)(C)N1C(c2ccc(F)cc2)=CC(C(F)(F)F)=NC1c1cccc(-c2ccc(S(=O)(=O)O)s2)c1. The van der Waals surface area contributed by atoms with E-state index < -0.39 is 39.5 Å². The number of thiophene rings is 1. The van der Waals surface area contributed by atoms with Crippen LogP contribution in [0.5, 0.6) is 0 Å². The van der Waals surface area contributed by atoms with E-state index in [1.54, 1.807) is 29.2 Å². The second-order valence-corrected chi connectivity index (χ2v) is 11.9. The van der Waals surface area contributed by atoms with Gasteiger partial charge in [0.15, 0.2) is 0 Å². The van der Waals surface area contributed by atoms with Crippen LogP contribution in [0.25, 0.3) is 16.1 Å². The Hall–Kier alpha value is -3.02. The molecule has 1 atom stereocenters. The van der Waals surface area contributed by atoms with Gasteiger partial charge >= 0.3 is 16.3 Å². The first-order valence-electron chi connectivity index (χ1n) is 10.7. The van der Waals surface area contributed by atoms with Gasteiger partial charge in [-0.3, -0.25) is 9.55 Å². The summed E-state index contributed by atoms with van der Waals surface area (Å²) in [6.07, 6.45) is -4.83. The number of rotatable bonds is 4. The van der Waals surface area contributed by atoms with Gasteiger partial charge in [-0.25, -0.2) is 4.39 Å². The Bertz CT molecular complexity index is 1450. The zero-order valence-electron chi connectivity index (χ0n) is 19.4. The van der Waals surface area contributed by atoms with Crippen molar-refractivity contribution in [3.8, 4) is 10.4 Å². The molecule has 0 fully saturated rings. The van der Waals surface area contributed by atoms with Gasteiger partial charge in [0.1, 0.15) is 21.9 Å². The average molecular weight is 539 g/mol. The molecule has 1 unspecified atom stereocenters. The Kier molecular flexibility index (Phi) is 6.61. The van der Waals surface area contributed by atoms with Gasteiger partial charge in [0, 0.05) is 16.1 Å². The van der Waals surface area contributed by atoms with Gasteiger partial charge in [0.25, 0.3) is 0 Å². The molecule has 190 valence electrons. The Morgan fingerprint density at radius 1 is 0.972 bits per heavy atom. The third-order valence-corrected chi connectivity index (χ3v) is 7.95. The molecule has 2 aromatic carbocycles. The summed E-state index contributed by atoms with van der Waals surface area (Å²) in [7, 11) is -4.38. The molecule has 0 radical (unpaired) electrons. The zero-order valence-corrected chi connectivity index (χ0v) is 21.0. The number of hydrogen-bond donors (Lipinski definition) is 1. The summed E-state index contributed by atoms with van der Waals surface area (Å²) in [5.41, 5.74) is -0.114. The van der Waals surface area contributed by atoms with Gasteiger partial charge in [-0.15, -0.1) is 11.3 Å². The molecule has 1 aromatic heterocycles. The van der Waals surface area contributed by atoms with E-state index in [2.05, 4.69) is 4.99 Å². The fourth-order valence-corrected chi connectivity index (χ4v) is 5.64. The summed E-state index contributed by atoms with van der Waals surface area (Å²) in [4.78, 5) is 6.33. The highest BCUT2D eigenvalue weighted by molar-refractivity contribution is 7.88. The second kappa shape index (κ2) is 9.13. The molecule has 11 heteroatoms. The molecule has 5 nitrogen and oxygen atoms in total. The molecule has 2 heterocycles. The van der Waals surface area contributed by atoms with E-state index in [1.807, 2.05) is 20.8 Å². The largest absolute Gasteiger partial charge is 0.433 e. The molecule has 0 saturated carbocycles. The van der Waals surface area contributed by atoms with Crippen molar-refractivity contribution in [3.05, 3.63) is 83.7 Å². The summed E-state index contributed by atoms with van der Waals surface area (Å²) in [6.45, 7) is 5.52. The molecule has 0 spiro atoms. The number of alkyl halides is 3. The minimum Gasteiger partial charge on any atom is -0.340 e. The van der Waals surface area contributed by atoms with E-state index in [9.17, 15) is 30.5 Å². The molecular formula is C25H22F4N2O3S2. The number of hydrogen-bond acceptors (Lipinski definition) is 5. The van der Waals surface area contributed by atoms with Crippen molar-refractivity contribution in [2.24, 2.45) is 4.99 Å². The lowest BCUT2D eigenvalue weighted by molar-refractivity contribution is -0.0590. The van der Waals surface area contributed by atoms with E-state index in [0.29, 0.717) is 21.6 Å². The van der Waals surface area contributed by atoms with Crippen LogP contribution in [0.2, 0.25) is 0 Å². The maximum Gasteiger partial charge on any atom is 0.433 e. The highest BCUT2D eigenvalue weighted by atomic mass is 32.3. The molecule has 0 bridgehead atoms. The van der Waals surface area contributed by atoms with Crippen LogP contribution in [0, 0.1) is 5.82 Å². The van der Waals surface area contributed by atoms with Gasteiger partial charge in [0.2, 0.25) is 0 Å². The molecular weight excluding hydrogens is 516 g/mol. The number of allylic oxidation sites excluding steroid dienone is 1. The maximum absolute atomic E-state index is 13.9. The van der Waals surface area contributed by atoms with Crippen molar-refractivity contribution in [2.75, 3.05) is 0 Å². The Morgan fingerprint density at radius 2 is 1.64 bits per heavy atom. The first-order chi connectivity index (χ1) is 16.6. The van der Waals surface area contributed by atoms with Crippen molar-refractivity contribution in [2.45, 2.75) is 42.9 Å². The van der Waals surface area contributed by atoms with Crippen LogP contribution in [0.3, 0.4) is 0 Å². The van der Waals surface area contributed by atoms with Gasteiger partial charge in [-0.05, 0) is 86.0 Å². The fourth-order valence-electron chi connectivity index (χ4n) is 3.97. The summed E-state index contributed by atoms with van der Waals surface area (Å²) in [5, 5.41) is 0. The summed E-state index contributed by atoms with van der Waals surface area (Å²) in [5.74, 6) is -0.508. The molecule has 3 aromatic rings. The zero-order chi connectivity index (χ0) is 26.5. The highest BCUT2D eigenvalue weighted by Gasteiger charge is 2.42. The van der Waals surface area contributed by atoms with Crippen molar-refractivity contribution in [1.82, 2.24) is 4.90 Å². The predicted octanol–water partition coefficient (Wildman–Crippen LogP) is 6.96. The molecule has 1 N–H and O–H groups in total. The maximum atomic E-state index is 13.9. The molecule has 36 heavy (non-hydrogen) atoms. The summed E-state index contributed by atoms with van der Waals surface area (Å²) >= 11 is 0.844. The number of aliphatic imine (C=N–C) groups is 1. The van der Waals surface area contributed by atoms with Gasteiger partial charge in [-0.2, -0.15) is 21.6 Å². The first-order valence-corrected chi connectivity index (χ1v) is 13.0. The Balaban J connectivity index is 1.87. The van der Waals surface area contributed by atoms with Gasteiger partial charge in [0.05, 0.1) is 0 Å². The second-order valence-electron chi connectivity index (χ2n) is 9.18. The number of benzene rings is 2. The summed E-state index contributed by atoms with van der Waals surface area (Å²) < 4.78 is 87.4. The van der Waals surface area contributed by atoms with E-state index in [4.69, 9.17) is 0 Å². The Morgan fingerprint density at radius 3 is 2.19 bits per heavy atom. The molecule has 1 aliphatic heterocycles. The number of halogens is 4. The molecule has 0 amide bonds. The topological polar surface area (TPSA) is 70.0 Å². The average Bonchev–Trinajstić information content (AvgIpc) is 3.29. The van der Waals surface area contributed by atoms with Crippen LogP contribution in [0.4, 0.5) is 17.6 Å². The van der Waals surface area contributed by atoms with Crippen molar-refractivity contribution in [3.63, 3.8) is 0 Å². The molecule has 0 saturated heterocycles. The van der Waals surface area contributed by atoms with Gasteiger partial charge in [-0.1, -0.05) is 18.2 Å². The van der Waals surface area contributed by atoms with Crippen LogP contribution >= 0.6 is 11.3 Å². The third-order valence-electron chi connectivity index (χ3n) is 5.50. The standard InChI is InChI=1S/C25H22F4N2O3S2/c1-24(2,3)31-19(15-7-9-18(26)10-8-15)14-21(25(27,28)29)30-23(31)17-6-4-5-16(13-17)20-11-12-22(35-20)36(32,33)34/h4-14,23H,1-3H3,(H,32,33,34). The van der Waals surface area contributed by atoms with E-state index in [0.717, 1.165) is 17.4 Å². The van der Waals surface area contributed by atoms with Crippen molar-refractivity contribution >= 4 is 32.9 Å². The quantitative estimate of drug-likeness (QED) is 0.288.